The van der Waals surface area contributed by atoms with Crippen LogP contribution in [-0.4, -0.2) is 29.1 Å². The first kappa shape index (κ1) is 8.10. The maximum Gasteiger partial charge on any atom is 0.373 e. The van der Waals surface area contributed by atoms with E-state index in [-0.39, 0.29) is 5.76 Å². The Morgan fingerprint density at radius 2 is 2.23 bits per heavy atom. The number of aromatic carboxylic acids is 1. The molecule has 2 heterocycles. The molecule has 1 saturated heterocycles. The number of nitrogens with zero attached hydrogens (tertiary/aromatic N) is 2. The van der Waals surface area contributed by atoms with Gasteiger partial charge in [-0.25, -0.2) is 9.78 Å². The van der Waals surface area contributed by atoms with Crippen molar-refractivity contribution in [2.75, 3.05) is 18.0 Å². The molecule has 1 aliphatic rings. The molecule has 0 aliphatic carbocycles. The molecule has 1 fully saturated rings. The van der Waals surface area contributed by atoms with E-state index in [1.54, 1.807) is 0 Å². The van der Waals surface area contributed by atoms with Gasteiger partial charge in [0.15, 0.2) is 0 Å². The minimum absolute atomic E-state index is 0.0955. The maximum atomic E-state index is 10.5. The van der Waals surface area contributed by atoms with E-state index < -0.39 is 5.97 Å². The molecular formula is C8H10N2O3. The summed E-state index contributed by atoms with van der Waals surface area (Å²) in [5.74, 6) is -1.17. The molecule has 0 amide bonds. The van der Waals surface area contributed by atoms with Gasteiger partial charge in [-0.05, 0) is 12.8 Å². The Kier molecular flexibility index (Phi) is 1.92. The quantitative estimate of drug-likeness (QED) is 0.738. The van der Waals surface area contributed by atoms with Gasteiger partial charge < -0.3 is 14.4 Å². The molecule has 0 aromatic carbocycles. The highest BCUT2D eigenvalue weighted by atomic mass is 16.4. The first-order chi connectivity index (χ1) is 6.27. The SMILES string of the molecule is O=C(O)c1cnc(N2CCCC2)o1. The predicted molar refractivity (Wildman–Crippen MR) is 44.9 cm³/mol. The third kappa shape index (κ3) is 1.49. The van der Waals surface area contributed by atoms with Crippen LogP contribution in [0.25, 0.3) is 0 Å². The minimum atomic E-state index is -1.07. The largest absolute Gasteiger partial charge is 0.475 e. The number of hydrogen-bond acceptors (Lipinski definition) is 4. The van der Waals surface area contributed by atoms with Crippen molar-refractivity contribution in [3.8, 4) is 0 Å². The predicted octanol–water partition coefficient (Wildman–Crippen LogP) is 0.973. The summed E-state index contributed by atoms with van der Waals surface area (Å²) in [5.41, 5.74) is 0. The normalized spacial score (nSPS) is 16.5. The van der Waals surface area contributed by atoms with Crippen LogP contribution < -0.4 is 4.90 Å². The van der Waals surface area contributed by atoms with Gasteiger partial charge in [0.25, 0.3) is 6.01 Å². The van der Waals surface area contributed by atoms with E-state index in [9.17, 15) is 4.79 Å². The van der Waals surface area contributed by atoms with Crippen LogP contribution in [0.5, 0.6) is 0 Å². The standard InChI is InChI=1S/C8H10N2O3/c11-7(12)6-5-9-8(13-6)10-3-1-2-4-10/h5H,1-4H2,(H,11,12). The highest BCUT2D eigenvalue weighted by Crippen LogP contribution is 2.19. The number of carbonyl (C=O) groups is 1. The van der Waals surface area contributed by atoms with Crippen molar-refractivity contribution in [3.05, 3.63) is 12.0 Å². The van der Waals surface area contributed by atoms with Crippen molar-refractivity contribution in [3.63, 3.8) is 0 Å². The fraction of sp³-hybridized carbons (Fsp3) is 0.500. The van der Waals surface area contributed by atoms with Crippen molar-refractivity contribution in [1.82, 2.24) is 4.98 Å². The van der Waals surface area contributed by atoms with Gasteiger partial charge in [-0.2, -0.15) is 0 Å². The van der Waals surface area contributed by atoms with Crippen molar-refractivity contribution in [2.24, 2.45) is 0 Å². The molecule has 0 atom stereocenters. The van der Waals surface area contributed by atoms with Crippen LogP contribution in [0.4, 0.5) is 6.01 Å². The summed E-state index contributed by atoms with van der Waals surface area (Å²) in [6.45, 7) is 1.80. The molecule has 0 spiro atoms. The van der Waals surface area contributed by atoms with Crippen LogP contribution in [0.2, 0.25) is 0 Å². The first-order valence-corrected chi connectivity index (χ1v) is 4.21. The summed E-state index contributed by atoms with van der Waals surface area (Å²) >= 11 is 0. The van der Waals surface area contributed by atoms with Gasteiger partial charge in [0, 0.05) is 13.1 Å². The lowest BCUT2D eigenvalue weighted by Crippen LogP contribution is -2.17. The Bertz CT molecular complexity index is 315. The molecule has 0 radical (unpaired) electrons. The summed E-state index contributed by atoms with van der Waals surface area (Å²) in [6, 6.07) is 0.426. The highest BCUT2D eigenvalue weighted by molar-refractivity contribution is 5.84. The number of hydrogen-bond donors (Lipinski definition) is 1. The molecule has 5 nitrogen and oxygen atoms in total. The van der Waals surface area contributed by atoms with Crippen molar-refractivity contribution in [2.45, 2.75) is 12.8 Å². The molecule has 1 aromatic heterocycles. The fourth-order valence-corrected chi connectivity index (χ4v) is 1.42. The summed E-state index contributed by atoms with van der Waals surface area (Å²) in [5, 5.41) is 8.59. The van der Waals surface area contributed by atoms with Crippen molar-refractivity contribution in [1.29, 1.82) is 0 Å². The summed E-state index contributed by atoms with van der Waals surface area (Å²) < 4.78 is 5.04. The summed E-state index contributed by atoms with van der Waals surface area (Å²) in [4.78, 5) is 16.3. The van der Waals surface area contributed by atoms with E-state index >= 15 is 0 Å². The average molecular weight is 182 g/mol. The molecule has 70 valence electrons. The molecule has 0 unspecified atom stereocenters. The first-order valence-electron chi connectivity index (χ1n) is 4.21. The van der Waals surface area contributed by atoms with Gasteiger partial charge in [-0.1, -0.05) is 0 Å². The van der Waals surface area contributed by atoms with Crippen LogP contribution in [0, 0.1) is 0 Å². The molecule has 1 N–H and O–H groups in total. The minimum Gasteiger partial charge on any atom is -0.475 e. The van der Waals surface area contributed by atoms with E-state index in [4.69, 9.17) is 9.52 Å². The van der Waals surface area contributed by atoms with Gasteiger partial charge in [0.2, 0.25) is 5.76 Å². The molecular weight excluding hydrogens is 172 g/mol. The Balaban J connectivity index is 2.16. The zero-order valence-electron chi connectivity index (χ0n) is 7.06. The smallest absolute Gasteiger partial charge is 0.373 e. The molecule has 1 aliphatic heterocycles. The number of anilines is 1. The molecule has 0 bridgehead atoms. The second-order valence-electron chi connectivity index (χ2n) is 3.01. The van der Waals surface area contributed by atoms with Gasteiger partial charge in [0.1, 0.15) is 0 Å². The number of oxazole rings is 1. The second-order valence-corrected chi connectivity index (χ2v) is 3.01. The van der Waals surface area contributed by atoms with Crippen LogP contribution in [0.15, 0.2) is 10.6 Å². The number of carboxylic acids is 1. The van der Waals surface area contributed by atoms with Crippen LogP contribution in [0.1, 0.15) is 23.4 Å². The van der Waals surface area contributed by atoms with E-state index in [0.29, 0.717) is 6.01 Å². The summed E-state index contributed by atoms with van der Waals surface area (Å²) in [7, 11) is 0. The second kappa shape index (κ2) is 3.08. The van der Waals surface area contributed by atoms with E-state index in [0.717, 1.165) is 25.9 Å². The maximum absolute atomic E-state index is 10.5. The van der Waals surface area contributed by atoms with Crippen LogP contribution in [-0.2, 0) is 0 Å². The fourth-order valence-electron chi connectivity index (χ4n) is 1.42. The third-order valence-corrected chi connectivity index (χ3v) is 2.08. The lowest BCUT2D eigenvalue weighted by molar-refractivity contribution is 0.0663. The molecule has 13 heavy (non-hydrogen) atoms. The zero-order chi connectivity index (χ0) is 9.26. The van der Waals surface area contributed by atoms with E-state index in [1.807, 2.05) is 4.90 Å². The Labute approximate surface area is 75.0 Å². The topological polar surface area (TPSA) is 66.6 Å². The van der Waals surface area contributed by atoms with Gasteiger partial charge in [0.05, 0.1) is 6.20 Å². The highest BCUT2D eigenvalue weighted by Gasteiger charge is 2.18. The molecule has 5 heteroatoms. The van der Waals surface area contributed by atoms with E-state index in [2.05, 4.69) is 4.98 Å². The third-order valence-electron chi connectivity index (χ3n) is 2.08. The van der Waals surface area contributed by atoms with Gasteiger partial charge in [-0.3, -0.25) is 0 Å². The Morgan fingerprint density at radius 1 is 1.54 bits per heavy atom. The lowest BCUT2D eigenvalue weighted by Gasteiger charge is -2.10. The van der Waals surface area contributed by atoms with Crippen LogP contribution >= 0.6 is 0 Å². The van der Waals surface area contributed by atoms with Gasteiger partial charge in [-0.15, -0.1) is 0 Å². The molecule has 1 aromatic rings. The van der Waals surface area contributed by atoms with Crippen molar-refractivity contribution >= 4 is 12.0 Å². The number of rotatable bonds is 2. The summed E-state index contributed by atoms with van der Waals surface area (Å²) in [6.07, 6.45) is 3.48. The number of aromatic nitrogens is 1. The van der Waals surface area contributed by atoms with Crippen molar-refractivity contribution < 1.29 is 14.3 Å². The van der Waals surface area contributed by atoms with E-state index in [1.165, 1.54) is 6.20 Å². The monoisotopic (exact) mass is 182 g/mol. The zero-order valence-corrected chi connectivity index (χ0v) is 7.06. The van der Waals surface area contributed by atoms with Gasteiger partial charge >= 0.3 is 5.97 Å². The average Bonchev–Trinajstić information content (AvgIpc) is 2.75. The molecule has 0 saturated carbocycles. The molecule has 2 rings (SSSR count). The Morgan fingerprint density at radius 3 is 2.77 bits per heavy atom. The Hall–Kier alpha value is -1.52. The lowest BCUT2D eigenvalue weighted by atomic mass is 10.4. The van der Waals surface area contributed by atoms with Crippen LogP contribution in [0.3, 0.4) is 0 Å². The number of carboxylic acid groups (broad SMARTS) is 1.